The van der Waals surface area contributed by atoms with Crippen molar-refractivity contribution in [1.29, 1.82) is 5.26 Å². The number of halogens is 3. The van der Waals surface area contributed by atoms with E-state index in [-0.39, 0.29) is 22.1 Å². The summed E-state index contributed by atoms with van der Waals surface area (Å²) in [5, 5.41) is 9.28. The van der Waals surface area contributed by atoms with Crippen LogP contribution in [0.2, 0.25) is 0 Å². The summed E-state index contributed by atoms with van der Waals surface area (Å²) in [5.74, 6) is 0. The van der Waals surface area contributed by atoms with Crippen LogP contribution in [0, 0.1) is 11.3 Å². The van der Waals surface area contributed by atoms with Gasteiger partial charge in [-0.25, -0.2) is 9.89 Å². The Morgan fingerprint density at radius 2 is 2.21 bits per heavy atom. The quantitative estimate of drug-likeness (QED) is 0.539. The molecule has 0 bridgehead atoms. The van der Waals surface area contributed by atoms with Gasteiger partial charge in [0.25, 0.3) is 0 Å². The fourth-order valence-corrected chi connectivity index (χ4v) is 2.19. The van der Waals surface area contributed by atoms with Crippen molar-refractivity contribution in [2.75, 3.05) is 0 Å². The minimum atomic E-state index is -3.34. The zero-order valence-corrected chi connectivity index (χ0v) is 10.1. The van der Waals surface area contributed by atoms with Crippen molar-refractivity contribution in [3.05, 3.63) is 47.0 Å². The van der Waals surface area contributed by atoms with Crippen LogP contribution in [-0.4, -0.2) is 11.2 Å². The van der Waals surface area contributed by atoms with Gasteiger partial charge in [-0.3, -0.25) is 0 Å². The topological polar surface area (TPSA) is 43.3 Å². The molecule has 0 amide bonds. The predicted molar refractivity (Wildman–Crippen MR) is 63.6 cm³/mol. The molecular formula is C12H6ClF2N4+. The second kappa shape index (κ2) is 3.87. The van der Waals surface area contributed by atoms with Gasteiger partial charge < -0.3 is 0 Å². The normalized spacial score (nSPS) is 19.5. The average molecular weight is 280 g/mol. The van der Waals surface area contributed by atoms with Crippen molar-refractivity contribution in [2.24, 2.45) is 4.99 Å². The van der Waals surface area contributed by atoms with E-state index in [4.69, 9.17) is 11.6 Å². The molecule has 3 heterocycles. The van der Waals surface area contributed by atoms with E-state index in [0.717, 1.165) is 10.9 Å². The molecule has 3 rings (SSSR count). The Kier molecular flexibility index (Phi) is 2.40. The zero-order valence-electron chi connectivity index (χ0n) is 9.39. The lowest BCUT2D eigenvalue weighted by molar-refractivity contribution is -0.846. The molecule has 2 aliphatic heterocycles. The standard InChI is InChI=1S/C12H6ClF2N4/c13-11-5-10-8(6-16)9-3-1-2-4-18(9)12(14,15)19(10)7-17-11/h1-5,7H/q+1. The average Bonchev–Trinajstić information content (AvgIpc) is 2.39. The first kappa shape index (κ1) is 11.8. The van der Waals surface area contributed by atoms with Crippen LogP contribution in [-0.2, 0) is 6.17 Å². The smallest absolute Gasteiger partial charge is 0.226 e. The third-order valence-electron chi connectivity index (χ3n) is 2.88. The molecule has 0 saturated carbocycles. The molecule has 94 valence electrons. The maximum absolute atomic E-state index is 14.4. The Hall–Kier alpha value is -2.26. The van der Waals surface area contributed by atoms with Gasteiger partial charge in [0, 0.05) is 18.2 Å². The fourth-order valence-electron chi connectivity index (χ4n) is 2.04. The van der Waals surface area contributed by atoms with Crippen molar-refractivity contribution >= 4 is 23.5 Å². The van der Waals surface area contributed by atoms with Gasteiger partial charge >= 0.3 is 6.17 Å². The molecule has 0 radical (unpaired) electrons. The summed E-state index contributed by atoms with van der Waals surface area (Å²) >= 11 is 5.72. The molecule has 0 atom stereocenters. The van der Waals surface area contributed by atoms with E-state index in [1.807, 2.05) is 6.07 Å². The highest BCUT2D eigenvalue weighted by molar-refractivity contribution is 6.30. The molecule has 0 saturated heterocycles. The van der Waals surface area contributed by atoms with E-state index < -0.39 is 6.17 Å². The third-order valence-corrected chi connectivity index (χ3v) is 3.08. The van der Waals surface area contributed by atoms with Crippen molar-refractivity contribution in [1.82, 2.24) is 4.90 Å². The number of rotatable bonds is 0. The highest BCUT2D eigenvalue weighted by atomic mass is 35.5. The second-order valence-electron chi connectivity index (χ2n) is 3.92. The number of aliphatic imine (C=N–C) groups is 1. The van der Waals surface area contributed by atoms with Crippen LogP contribution in [0.15, 0.2) is 46.3 Å². The molecular weight excluding hydrogens is 274 g/mol. The van der Waals surface area contributed by atoms with Crippen molar-refractivity contribution < 1.29 is 13.3 Å². The molecule has 2 aliphatic rings. The monoisotopic (exact) mass is 279 g/mol. The first-order valence-electron chi connectivity index (χ1n) is 5.30. The molecule has 1 aromatic rings. The van der Waals surface area contributed by atoms with Gasteiger partial charge in [-0.2, -0.15) is 5.26 Å². The van der Waals surface area contributed by atoms with Crippen LogP contribution >= 0.6 is 11.6 Å². The van der Waals surface area contributed by atoms with Crippen LogP contribution in [0.4, 0.5) is 8.78 Å². The van der Waals surface area contributed by atoms with Crippen molar-refractivity contribution in [3.8, 4) is 6.07 Å². The first-order chi connectivity index (χ1) is 9.05. The second-order valence-corrected chi connectivity index (χ2v) is 4.31. The van der Waals surface area contributed by atoms with E-state index in [1.165, 1.54) is 24.4 Å². The Morgan fingerprint density at radius 3 is 2.95 bits per heavy atom. The molecule has 1 aromatic heterocycles. The summed E-state index contributed by atoms with van der Waals surface area (Å²) < 4.78 is 29.4. The molecule has 19 heavy (non-hydrogen) atoms. The van der Waals surface area contributed by atoms with Crippen LogP contribution in [0.5, 0.6) is 0 Å². The number of allylic oxidation sites excluding steroid dienone is 2. The van der Waals surface area contributed by atoms with Crippen LogP contribution in [0.25, 0.3) is 5.57 Å². The summed E-state index contributed by atoms with van der Waals surface area (Å²) in [7, 11) is 0. The summed E-state index contributed by atoms with van der Waals surface area (Å²) in [6, 6.07) is 6.47. The lowest BCUT2D eigenvalue weighted by Crippen LogP contribution is -2.64. The van der Waals surface area contributed by atoms with E-state index in [2.05, 4.69) is 4.99 Å². The minimum Gasteiger partial charge on any atom is -0.226 e. The molecule has 4 nitrogen and oxygen atoms in total. The summed E-state index contributed by atoms with van der Waals surface area (Å²) in [4.78, 5) is 4.27. The van der Waals surface area contributed by atoms with Gasteiger partial charge in [0.15, 0.2) is 6.20 Å². The molecule has 7 heteroatoms. The maximum atomic E-state index is 14.4. The lowest BCUT2D eigenvalue weighted by atomic mass is 10.1. The van der Waals surface area contributed by atoms with Gasteiger partial charge in [0.05, 0.1) is 5.70 Å². The molecule has 0 N–H and O–H groups in total. The van der Waals surface area contributed by atoms with Gasteiger partial charge in [-0.15, -0.1) is 13.3 Å². The van der Waals surface area contributed by atoms with Crippen molar-refractivity contribution in [3.63, 3.8) is 0 Å². The largest absolute Gasteiger partial charge is 0.566 e. The first-order valence-corrected chi connectivity index (χ1v) is 5.68. The molecule has 0 unspecified atom stereocenters. The van der Waals surface area contributed by atoms with Gasteiger partial charge in [0.2, 0.25) is 5.69 Å². The van der Waals surface area contributed by atoms with E-state index in [1.54, 1.807) is 6.07 Å². The Labute approximate surface area is 112 Å². The third kappa shape index (κ3) is 1.55. The van der Waals surface area contributed by atoms with E-state index >= 15 is 0 Å². The SMILES string of the molecule is N#CC1=C2C=C(Cl)N=CN2C(F)(F)[n+]2ccccc21. The number of fused-ring (bicyclic) bond motifs is 2. The van der Waals surface area contributed by atoms with E-state index in [0.29, 0.717) is 4.90 Å². The molecule has 0 aromatic carbocycles. The number of hydrogen-bond acceptors (Lipinski definition) is 3. The highest BCUT2D eigenvalue weighted by Crippen LogP contribution is 2.36. The Bertz CT molecular complexity index is 700. The number of aromatic nitrogens is 1. The Morgan fingerprint density at radius 1 is 1.42 bits per heavy atom. The summed E-state index contributed by atoms with van der Waals surface area (Å²) in [6.07, 6.45) is 0.0591. The maximum Gasteiger partial charge on any atom is 0.566 e. The lowest BCUT2D eigenvalue weighted by Gasteiger charge is -2.30. The van der Waals surface area contributed by atoms with Gasteiger partial charge in [-0.05, 0) is 6.07 Å². The van der Waals surface area contributed by atoms with Crippen molar-refractivity contribution in [2.45, 2.75) is 6.17 Å². The molecule has 0 fully saturated rings. The number of hydrogen-bond donors (Lipinski definition) is 0. The van der Waals surface area contributed by atoms with Crippen LogP contribution in [0.3, 0.4) is 0 Å². The number of alkyl halides is 2. The summed E-state index contributed by atoms with van der Waals surface area (Å²) in [6.45, 7) is 0. The molecule has 0 spiro atoms. The minimum absolute atomic E-state index is 0.0405. The fraction of sp³-hybridized carbons (Fsp3) is 0.0833. The highest BCUT2D eigenvalue weighted by Gasteiger charge is 2.55. The number of pyridine rings is 1. The predicted octanol–water partition coefficient (Wildman–Crippen LogP) is 2.15. The Balaban J connectivity index is 2.37. The van der Waals surface area contributed by atoms with Gasteiger partial charge in [0.1, 0.15) is 23.1 Å². The zero-order chi connectivity index (χ0) is 13.6. The van der Waals surface area contributed by atoms with Crippen LogP contribution in [0.1, 0.15) is 5.69 Å². The summed E-state index contributed by atoms with van der Waals surface area (Å²) in [5.41, 5.74) is 0.298. The molecule has 0 aliphatic carbocycles. The van der Waals surface area contributed by atoms with E-state index in [9.17, 15) is 14.0 Å². The number of nitriles is 1. The number of nitrogens with zero attached hydrogens (tertiary/aromatic N) is 4. The van der Waals surface area contributed by atoms with Gasteiger partial charge in [-0.1, -0.05) is 11.6 Å². The van der Waals surface area contributed by atoms with Crippen LogP contribution < -0.4 is 4.57 Å².